The Morgan fingerprint density at radius 1 is 1.36 bits per heavy atom. The van der Waals surface area contributed by atoms with Gasteiger partial charge in [-0.3, -0.25) is 0 Å². The maximum Gasteiger partial charge on any atom is 0.211 e. The van der Waals surface area contributed by atoms with E-state index in [9.17, 15) is 5.11 Å². The number of rotatable bonds is 0. The van der Waals surface area contributed by atoms with Crippen LogP contribution in [0, 0.1) is 5.41 Å². The molecule has 1 aliphatic rings. The monoisotopic (exact) mass is 195 g/mol. The van der Waals surface area contributed by atoms with Crippen LogP contribution in [0.25, 0.3) is 0 Å². The number of allylic oxidation sites excluding steroid dienone is 2. The largest absolute Gasteiger partial charge is 0.481 e. The van der Waals surface area contributed by atoms with Crippen molar-refractivity contribution in [2.45, 2.75) is 27.0 Å². The van der Waals surface area contributed by atoms with Gasteiger partial charge >= 0.3 is 0 Å². The first-order chi connectivity index (χ1) is 6.43. The molecule has 0 aliphatic carbocycles. The van der Waals surface area contributed by atoms with E-state index in [-0.39, 0.29) is 5.41 Å². The number of hydrogen-bond acceptors (Lipinski definition) is 3. The van der Waals surface area contributed by atoms with Crippen molar-refractivity contribution < 1.29 is 9.84 Å². The Bertz CT molecular complexity index is 295. The second-order valence-electron chi connectivity index (χ2n) is 4.29. The van der Waals surface area contributed by atoms with Gasteiger partial charge in [-0.1, -0.05) is 26.8 Å². The van der Waals surface area contributed by atoms with Crippen LogP contribution in [0.2, 0.25) is 0 Å². The molecule has 0 radical (unpaired) electrons. The zero-order chi connectivity index (χ0) is 10.8. The van der Waals surface area contributed by atoms with Gasteiger partial charge in [0.2, 0.25) is 5.90 Å². The number of ether oxygens (including phenoxy) is 1. The summed E-state index contributed by atoms with van der Waals surface area (Å²) in [5, 5.41) is 9.54. The van der Waals surface area contributed by atoms with Gasteiger partial charge in [-0.2, -0.15) is 0 Å². The van der Waals surface area contributed by atoms with E-state index in [1.165, 1.54) is 7.11 Å². The third-order valence-electron chi connectivity index (χ3n) is 2.07. The van der Waals surface area contributed by atoms with Gasteiger partial charge in [0, 0.05) is 6.08 Å². The molecule has 0 aromatic rings. The molecule has 0 aromatic heterocycles. The molecule has 78 valence electrons. The van der Waals surface area contributed by atoms with E-state index >= 15 is 0 Å². The number of aliphatic hydroxyl groups excluding tert-OH is 1. The molecule has 0 aromatic carbocycles. The first kappa shape index (κ1) is 11.0. The minimum atomic E-state index is -0.811. The van der Waals surface area contributed by atoms with Crippen LogP contribution in [0.15, 0.2) is 28.8 Å². The smallest absolute Gasteiger partial charge is 0.211 e. The zero-order valence-electron chi connectivity index (χ0n) is 9.11. The van der Waals surface area contributed by atoms with E-state index < -0.39 is 6.23 Å². The summed E-state index contributed by atoms with van der Waals surface area (Å²) in [6.45, 7) is 6.27. The Labute approximate surface area is 84.8 Å². The third-order valence-corrected chi connectivity index (χ3v) is 2.07. The number of methoxy groups -OCH3 is 1. The Balaban J connectivity index is 2.95. The van der Waals surface area contributed by atoms with Gasteiger partial charge in [-0.25, -0.2) is 4.99 Å². The molecule has 3 nitrogen and oxygen atoms in total. The van der Waals surface area contributed by atoms with Crippen LogP contribution in [-0.2, 0) is 4.74 Å². The molecular formula is C11H17NO2. The van der Waals surface area contributed by atoms with Crippen LogP contribution in [0.3, 0.4) is 0 Å². The van der Waals surface area contributed by atoms with Crippen LogP contribution in [-0.4, -0.2) is 24.3 Å². The maximum absolute atomic E-state index is 9.54. The minimum Gasteiger partial charge on any atom is -0.481 e. The molecule has 3 heteroatoms. The van der Waals surface area contributed by atoms with Crippen molar-refractivity contribution in [1.82, 2.24) is 0 Å². The average molecular weight is 195 g/mol. The summed E-state index contributed by atoms with van der Waals surface area (Å²) in [6, 6.07) is 0. The summed E-state index contributed by atoms with van der Waals surface area (Å²) in [4.78, 5) is 3.94. The van der Waals surface area contributed by atoms with E-state index in [2.05, 4.69) is 25.8 Å². The molecule has 0 spiro atoms. The van der Waals surface area contributed by atoms with Crippen molar-refractivity contribution in [3.8, 4) is 0 Å². The first-order valence-electron chi connectivity index (χ1n) is 4.64. The molecule has 0 fully saturated rings. The molecule has 1 aliphatic heterocycles. The predicted molar refractivity (Wildman–Crippen MR) is 57.1 cm³/mol. The highest BCUT2D eigenvalue weighted by Gasteiger charge is 2.17. The molecule has 1 N–H and O–H groups in total. The van der Waals surface area contributed by atoms with Crippen molar-refractivity contribution in [2.75, 3.05) is 7.11 Å². The quantitative estimate of drug-likeness (QED) is 0.641. The Morgan fingerprint density at radius 2 is 2.00 bits per heavy atom. The lowest BCUT2D eigenvalue weighted by atomic mass is 9.86. The average Bonchev–Trinajstić information content (AvgIpc) is 2.25. The van der Waals surface area contributed by atoms with Gasteiger partial charge in [-0.15, -0.1) is 0 Å². The highest BCUT2D eigenvalue weighted by atomic mass is 16.5. The molecule has 1 heterocycles. The van der Waals surface area contributed by atoms with Gasteiger partial charge in [0.15, 0.2) is 6.23 Å². The molecular weight excluding hydrogens is 178 g/mol. The topological polar surface area (TPSA) is 41.8 Å². The standard InChI is InChI=1S/C11H17NO2/c1-11(2,3)8-5-6-10(14-4)12-9(13)7-8/h5-7,9,13H,1-4H3. The summed E-state index contributed by atoms with van der Waals surface area (Å²) < 4.78 is 4.97. The van der Waals surface area contributed by atoms with Gasteiger partial charge in [-0.05, 0) is 17.1 Å². The van der Waals surface area contributed by atoms with Crippen LogP contribution in [0.4, 0.5) is 0 Å². The molecule has 1 rings (SSSR count). The number of nitrogens with zero attached hydrogens (tertiary/aromatic N) is 1. The van der Waals surface area contributed by atoms with Crippen molar-refractivity contribution in [3.63, 3.8) is 0 Å². The van der Waals surface area contributed by atoms with E-state index in [0.717, 1.165) is 5.57 Å². The van der Waals surface area contributed by atoms with E-state index in [1.54, 1.807) is 12.2 Å². The van der Waals surface area contributed by atoms with Gasteiger partial charge in [0.05, 0.1) is 7.11 Å². The molecule has 1 unspecified atom stereocenters. The number of aliphatic imine (C=N–C) groups is 1. The lowest BCUT2D eigenvalue weighted by Gasteiger charge is -2.20. The van der Waals surface area contributed by atoms with E-state index in [4.69, 9.17) is 4.74 Å². The fourth-order valence-electron chi connectivity index (χ4n) is 1.21. The maximum atomic E-state index is 9.54. The van der Waals surface area contributed by atoms with Gasteiger partial charge in [0.25, 0.3) is 0 Å². The SMILES string of the molecule is COC1=NC(O)C=C(C(C)(C)C)C=C1. The van der Waals surface area contributed by atoms with Crippen molar-refractivity contribution in [1.29, 1.82) is 0 Å². The molecule has 0 saturated heterocycles. The summed E-state index contributed by atoms with van der Waals surface area (Å²) in [6.07, 6.45) is 4.63. The van der Waals surface area contributed by atoms with Crippen molar-refractivity contribution in [3.05, 3.63) is 23.8 Å². The van der Waals surface area contributed by atoms with E-state index in [1.807, 2.05) is 6.08 Å². The van der Waals surface area contributed by atoms with E-state index in [0.29, 0.717) is 5.90 Å². The lowest BCUT2D eigenvalue weighted by Crippen LogP contribution is -2.10. The molecule has 1 atom stereocenters. The van der Waals surface area contributed by atoms with Crippen molar-refractivity contribution in [2.24, 2.45) is 10.4 Å². The fraction of sp³-hybridized carbons (Fsp3) is 0.545. The molecule has 0 saturated carbocycles. The lowest BCUT2D eigenvalue weighted by molar-refractivity contribution is 0.227. The summed E-state index contributed by atoms with van der Waals surface area (Å²) in [5.41, 5.74) is 1.07. The Hall–Kier alpha value is -1.09. The Morgan fingerprint density at radius 3 is 2.50 bits per heavy atom. The minimum absolute atomic E-state index is 0.0101. The normalized spacial score (nSPS) is 22.5. The van der Waals surface area contributed by atoms with Crippen LogP contribution in [0.1, 0.15) is 20.8 Å². The predicted octanol–water partition coefficient (Wildman–Crippen LogP) is 1.89. The number of aliphatic hydroxyl groups is 1. The fourth-order valence-corrected chi connectivity index (χ4v) is 1.21. The van der Waals surface area contributed by atoms with Crippen molar-refractivity contribution >= 4 is 5.90 Å². The van der Waals surface area contributed by atoms with Crippen LogP contribution < -0.4 is 0 Å². The van der Waals surface area contributed by atoms with Crippen LogP contribution >= 0.6 is 0 Å². The molecule has 0 amide bonds. The van der Waals surface area contributed by atoms with Crippen LogP contribution in [0.5, 0.6) is 0 Å². The number of hydrogen-bond donors (Lipinski definition) is 1. The highest BCUT2D eigenvalue weighted by molar-refractivity contribution is 5.88. The first-order valence-corrected chi connectivity index (χ1v) is 4.64. The second kappa shape index (κ2) is 3.96. The summed E-state index contributed by atoms with van der Waals surface area (Å²) in [7, 11) is 1.54. The zero-order valence-corrected chi connectivity index (χ0v) is 9.11. The Kier molecular flexibility index (Phi) is 3.11. The highest BCUT2D eigenvalue weighted by Crippen LogP contribution is 2.27. The summed E-state index contributed by atoms with van der Waals surface area (Å²) in [5.74, 6) is 0.452. The van der Waals surface area contributed by atoms with Gasteiger partial charge < -0.3 is 9.84 Å². The third kappa shape index (κ3) is 2.70. The summed E-state index contributed by atoms with van der Waals surface area (Å²) >= 11 is 0. The molecule has 14 heavy (non-hydrogen) atoms. The van der Waals surface area contributed by atoms with Gasteiger partial charge in [0.1, 0.15) is 0 Å². The second-order valence-corrected chi connectivity index (χ2v) is 4.29. The molecule has 0 bridgehead atoms.